The second-order valence-electron chi connectivity index (χ2n) is 9.38. The summed E-state index contributed by atoms with van der Waals surface area (Å²) in [4.78, 5) is 22.8. The lowest BCUT2D eigenvalue weighted by atomic mass is 9.97. The average molecular weight is 530 g/mol. The lowest BCUT2D eigenvalue weighted by molar-refractivity contribution is -0.144. The SMILES string of the molecule is Cc1ccc(S(=O)(=O)n2cc(-c3cccc(-c4cc([C@]5(O)CCN(C)C5=O)on4)c3)c3nccnc32)cc1. The Labute approximate surface area is 218 Å². The molecule has 3 aromatic heterocycles. The molecule has 4 heterocycles. The molecule has 1 amide bonds. The van der Waals surface area contributed by atoms with Gasteiger partial charge in [0, 0.05) is 55.8 Å². The van der Waals surface area contributed by atoms with E-state index in [-0.39, 0.29) is 22.7 Å². The van der Waals surface area contributed by atoms with E-state index in [1.807, 2.05) is 25.1 Å². The molecule has 0 saturated carbocycles. The zero-order valence-electron chi connectivity index (χ0n) is 20.6. The lowest BCUT2D eigenvalue weighted by Gasteiger charge is -2.16. The number of aryl methyl sites for hydroxylation is 1. The highest BCUT2D eigenvalue weighted by atomic mass is 32.2. The van der Waals surface area contributed by atoms with Gasteiger partial charge in [-0.25, -0.2) is 17.4 Å². The largest absolute Gasteiger partial charge is 0.373 e. The number of likely N-dealkylation sites (tertiary alicyclic amines) is 1. The Balaban J connectivity index is 1.43. The van der Waals surface area contributed by atoms with Crippen LogP contribution in [0, 0.1) is 6.92 Å². The fourth-order valence-electron chi connectivity index (χ4n) is 4.67. The number of rotatable bonds is 5. The first kappa shape index (κ1) is 24.0. The van der Waals surface area contributed by atoms with Crippen LogP contribution >= 0.6 is 0 Å². The molecule has 0 bridgehead atoms. The van der Waals surface area contributed by atoms with E-state index >= 15 is 0 Å². The number of likely N-dealkylation sites (N-methyl/N-ethyl adjacent to an activating group) is 1. The Bertz CT molecular complexity index is 1810. The molecule has 1 fully saturated rings. The Morgan fingerprint density at radius 3 is 2.50 bits per heavy atom. The molecule has 1 aliphatic heterocycles. The van der Waals surface area contributed by atoms with E-state index in [1.165, 1.54) is 23.5 Å². The van der Waals surface area contributed by atoms with Gasteiger partial charge >= 0.3 is 0 Å². The summed E-state index contributed by atoms with van der Waals surface area (Å²) in [6.45, 7) is 2.30. The number of amides is 1. The number of hydrogen-bond acceptors (Lipinski definition) is 8. The molecule has 0 spiro atoms. The third kappa shape index (κ3) is 3.70. The third-order valence-corrected chi connectivity index (χ3v) is 8.53. The monoisotopic (exact) mass is 529 g/mol. The van der Waals surface area contributed by atoms with Gasteiger partial charge in [-0.2, -0.15) is 0 Å². The van der Waals surface area contributed by atoms with E-state index in [1.54, 1.807) is 43.4 Å². The van der Waals surface area contributed by atoms with E-state index in [0.717, 1.165) is 9.54 Å². The predicted octanol–water partition coefficient (Wildman–Crippen LogP) is 3.35. The molecule has 10 nitrogen and oxygen atoms in total. The maximum Gasteiger partial charge on any atom is 0.269 e. The molecule has 1 N–H and O–H groups in total. The molecule has 38 heavy (non-hydrogen) atoms. The zero-order valence-corrected chi connectivity index (χ0v) is 21.4. The fourth-order valence-corrected chi connectivity index (χ4v) is 5.99. The van der Waals surface area contributed by atoms with Gasteiger partial charge in [0.2, 0.25) is 5.60 Å². The van der Waals surface area contributed by atoms with Crippen LogP contribution in [0.2, 0.25) is 0 Å². The van der Waals surface area contributed by atoms with E-state index in [2.05, 4.69) is 15.1 Å². The number of benzene rings is 2. The summed E-state index contributed by atoms with van der Waals surface area (Å²) in [5.41, 5.74) is 2.19. The molecule has 5 aromatic rings. The number of aliphatic hydroxyl groups is 1. The van der Waals surface area contributed by atoms with Crippen molar-refractivity contribution in [3.63, 3.8) is 0 Å². The summed E-state index contributed by atoms with van der Waals surface area (Å²) >= 11 is 0. The van der Waals surface area contributed by atoms with Gasteiger partial charge in [0.05, 0.1) is 4.90 Å². The minimum atomic E-state index is -3.93. The molecular formula is C27H23N5O5S. The van der Waals surface area contributed by atoms with Crippen molar-refractivity contribution in [1.82, 2.24) is 24.0 Å². The van der Waals surface area contributed by atoms with Crippen LogP contribution < -0.4 is 0 Å². The van der Waals surface area contributed by atoms with E-state index in [9.17, 15) is 18.3 Å². The van der Waals surface area contributed by atoms with E-state index < -0.39 is 21.5 Å². The molecule has 6 rings (SSSR count). The van der Waals surface area contributed by atoms with E-state index in [4.69, 9.17) is 4.52 Å². The molecule has 0 unspecified atom stereocenters. The van der Waals surface area contributed by atoms with Crippen LogP contribution in [-0.4, -0.2) is 57.0 Å². The van der Waals surface area contributed by atoms with Gasteiger partial charge in [0.25, 0.3) is 15.9 Å². The summed E-state index contributed by atoms with van der Waals surface area (Å²) in [5.74, 6) is -0.353. The highest BCUT2D eigenvalue weighted by molar-refractivity contribution is 7.90. The van der Waals surface area contributed by atoms with Gasteiger partial charge in [0.1, 0.15) is 11.2 Å². The van der Waals surface area contributed by atoms with Crippen LogP contribution in [0.4, 0.5) is 0 Å². The van der Waals surface area contributed by atoms with Crippen molar-refractivity contribution < 1.29 is 22.8 Å². The first-order valence-corrected chi connectivity index (χ1v) is 13.3. The van der Waals surface area contributed by atoms with Crippen molar-refractivity contribution in [2.75, 3.05) is 13.6 Å². The van der Waals surface area contributed by atoms with Gasteiger partial charge in [0.15, 0.2) is 11.4 Å². The summed E-state index contributed by atoms with van der Waals surface area (Å²) in [6.07, 6.45) is 4.69. The molecule has 11 heteroatoms. The molecule has 0 aliphatic carbocycles. The predicted molar refractivity (Wildman–Crippen MR) is 138 cm³/mol. The maximum atomic E-state index is 13.5. The number of aromatic nitrogens is 4. The Hall–Kier alpha value is -4.35. The van der Waals surface area contributed by atoms with Crippen molar-refractivity contribution in [3.05, 3.63) is 84.5 Å². The van der Waals surface area contributed by atoms with Crippen LogP contribution in [0.15, 0.2) is 82.6 Å². The highest BCUT2D eigenvalue weighted by Crippen LogP contribution is 2.36. The first-order chi connectivity index (χ1) is 18.2. The molecule has 192 valence electrons. The average Bonchev–Trinajstić information content (AvgIpc) is 3.64. The highest BCUT2D eigenvalue weighted by Gasteiger charge is 2.48. The Morgan fingerprint density at radius 2 is 1.76 bits per heavy atom. The summed E-state index contributed by atoms with van der Waals surface area (Å²) < 4.78 is 33.6. The minimum Gasteiger partial charge on any atom is -0.373 e. The maximum absolute atomic E-state index is 13.5. The molecule has 0 radical (unpaired) electrons. The topological polar surface area (TPSA) is 131 Å². The molecule has 1 aliphatic rings. The second kappa shape index (κ2) is 8.61. The van der Waals surface area contributed by atoms with Gasteiger partial charge < -0.3 is 14.5 Å². The minimum absolute atomic E-state index is 0.0823. The first-order valence-electron chi connectivity index (χ1n) is 11.9. The lowest BCUT2D eigenvalue weighted by Crippen LogP contribution is -2.35. The van der Waals surface area contributed by atoms with Crippen molar-refractivity contribution in [1.29, 1.82) is 0 Å². The number of carbonyl (C=O) groups is 1. The molecule has 1 atom stereocenters. The molecule has 2 aromatic carbocycles. The standard InChI is InChI=1S/C27H23N5O5S/c1-17-6-8-20(9-7-17)38(35,36)32-16-21(24-25(32)29-12-11-28-24)18-4-3-5-19(14-18)22-15-23(37-30-22)27(34)10-13-31(2)26(27)33/h3-9,11-12,14-16,34H,10,13H2,1-2H3/t27-/m1/s1. The van der Waals surface area contributed by atoms with Crippen molar-refractivity contribution in [3.8, 4) is 22.4 Å². The normalized spacial score (nSPS) is 18.0. The van der Waals surface area contributed by atoms with Crippen LogP contribution in [-0.2, 0) is 20.4 Å². The zero-order chi connectivity index (χ0) is 26.7. The number of fused-ring (bicyclic) bond motifs is 1. The van der Waals surface area contributed by atoms with Gasteiger partial charge in [-0.1, -0.05) is 41.1 Å². The molecular weight excluding hydrogens is 506 g/mol. The van der Waals surface area contributed by atoms with Crippen LogP contribution in [0.1, 0.15) is 17.7 Å². The second-order valence-corrected chi connectivity index (χ2v) is 11.2. The van der Waals surface area contributed by atoms with Gasteiger partial charge in [-0.05, 0) is 30.7 Å². The van der Waals surface area contributed by atoms with Crippen molar-refractivity contribution >= 4 is 27.1 Å². The fraction of sp³-hybridized carbons (Fsp3) is 0.185. The summed E-state index contributed by atoms with van der Waals surface area (Å²) in [7, 11) is -2.31. The number of hydrogen-bond donors (Lipinski definition) is 1. The third-order valence-electron chi connectivity index (χ3n) is 6.86. The van der Waals surface area contributed by atoms with Crippen LogP contribution in [0.5, 0.6) is 0 Å². The van der Waals surface area contributed by atoms with Crippen LogP contribution in [0.25, 0.3) is 33.5 Å². The number of carbonyl (C=O) groups excluding carboxylic acids is 1. The molecule has 1 saturated heterocycles. The summed E-state index contributed by atoms with van der Waals surface area (Å²) in [6, 6.07) is 15.4. The van der Waals surface area contributed by atoms with Crippen molar-refractivity contribution in [2.45, 2.75) is 23.8 Å². The quantitative estimate of drug-likeness (QED) is 0.367. The number of nitrogens with zero attached hydrogens (tertiary/aromatic N) is 5. The van der Waals surface area contributed by atoms with Crippen LogP contribution in [0.3, 0.4) is 0 Å². The van der Waals surface area contributed by atoms with E-state index in [0.29, 0.717) is 34.4 Å². The Kier molecular flexibility index (Phi) is 5.44. The Morgan fingerprint density at radius 1 is 1.03 bits per heavy atom. The summed E-state index contributed by atoms with van der Waals surface area (Å²) in [5, 5.41) is 15.0. The smallest absolute Gasteiger partial charge is 0.269 e. The van der Waals surface area contributed by atoms with Crippen molar-refractivity contribution in [2.24, 2.45) is 0 Å². The van der Waals surface area contributed by atoms with Gasteiger partial charge in [-0.15, -0.1) is 0 Å². The van der Waals surface area contributed by atoms with Gasteiger partial charge in [-0.3, -0.25) is 9.78 Å².